The lowest BCUT2D eigenvalue weighted by atomic mass is 10.0. The number of cyclic esters (lactones) is 1. The number of ether oxygens (including phenoxy) is 2. The van der Waals surface area contributed by atoms with E-state index in [1.165, 1.54) is 18.1 Å². The third-order valence-electron chi connectivity index (χ3n) is 3.95. The van der Waals surface area contributed by atoms with E-state index in [1.54, 1.807) is 4.90 Å². The summed E-state index contributed by atoms with van der Waals surface area (Å²) >= 11 is 0. The lowest BCUT2D eigenvalue weighted by molar-refractivity contribution is -0.119. The first kappa shape index (κ1) is 14.8. The molecule has 2 amide bonds. The Morgan fingerprint density at radius 3 is 3.09 bits per heavy atom. The minimum atomic E-state index is -0.361. The smallest absolute Gasteiger partial charge is 0.414 e. The predicted molar refractivity (Wildman–Crippen MR) is 80.7 cm³/mol. The minimum Gasteiger partial charge on any atom is -0.442 e. The van der Waals surface area contributed by atoms with Gasteiger partial charge in [0.05, 0.1) is 19.7 Å². The molecule has 1 aromatic rings. The van der Waals surface area contributed by atoms with E-state index >= 15 is 0 Å². The van der Waals surface area contributed by atoms with E-state index < -0.39 is 0 Å². The van der Waals surface area contributed by atoms with E-state index in [9.17, 15) is 9.59 Å². The number of benzene rings is 1. The largest absolute Gasteiger partial charge is 0.442 e. The van der Waals surface area contributed by atoms with Crippen molar-refractivity contribution < 1.29 is 19.1 Å². The molecule has 6 heteroatoms. The van der Waals surface area contributed by atoms with Gasteiger partial charge in [-0.25, -0.2) is 4.79 Å². The van der Waals surface area contributed by atoms with Crippen LogP contribution in [0.2, 0.25) is 0 Å². The molecule has 6 nitrogen and oxygen atoms in total. The summed E-state index contributed by atoms with van der Waals surface area (Å²) in [5.41, 5.74) is 3.26. The SMILES string of the molecule is CC(=O)NCC1CN(c2ccc3c(c2)CCCOC3)C(=O)O1. The first-order valence-corrected chi connectivity index (χ1v) is 7.55. The lowest BCUT2D eigenvalue weighted by Crippen LogP contribution is -2.33. The number of hydrogen-bond acceptors (Lipinski definition) is 4. The van der Waals surface area contributed by atoms with Crippen molar-refractivity contribution in [1.29, 1.82) is 0 Å². The van der Waals surface area contributed by atoms with Crippen LogP contribution in [-0.2, 0) is 27.3 Å². The second kappa shape index (κ2) is 6.36. The first-order chi connectivity index (χ1) is 10.6. The summed E-state index contributed by atoms with van der Waals surface area (Å²) in [6.07, 6.45) is 1.28. The van der Waals surface area contributed by atoms with Crippen LogP contribution in [0, 0.1) is 0 Å². The van der Waals surface area contributed by atoms with Crippen LogP contribution in [0.15, 0.2) is 18.2 Å². The van der Waals surface area contributed by atoms with Crippen LogP contribution >= 0.6 is 0 Å². The average Bonchev–Trinajstić information content (AvgIpc) is 2.71. The van der Waals surface area contributed by atoms with E-state index in [0.29, 0.717) is 19.7 Å². The van der Waals surface area contributed by atoms with Crippen LogP contribution < -0.4 is 10.2 Å². The Kier molecular flexibility index (Phi) is 4.29. The van der Waals surface area contributed by atoms with Gasteiger partial charge < -0.3 is 14.8 Å². The molecule has 1 unspecified atom stereocenters. The highest BCUT2D eigenvalue weighted by molar-refractivity contribution is 5.90. The highest BCUT2D eigenvalue weighted by Gasteiger charge is 2.32. The molecular formula is C16H20N2O4. The summed E-state index contributed by atoms with van der Waals surface area (Å²) in [7, 11) is 0. The average molecular weight is 304 g/mol. The number of hydrogen-bond donors (Lipinski definition) is 1. The summed E-state index contributed by atoms with van der Waals surface area (Å²) in [6.45, 7) is 3.65. The molecule has 2 heterocycles. The number of fused-ring (bicyclic) bond motifs is 1. The van der Waals surface area contributed by atoms with Gasteiger partial charge in [0, 0.05) is 19.2 Å². The lowest BCUT2D eigenvalue weighted by Gasteiger charge is -2.15. The monoisotopic (exact) mass is 304 g/mol. The molecule has 0 bridgehead atoms. The summed E-state index contributed by atoms with van der Waals surface area (Å²) in [5.74, 6) is -0.125. The fraction of sp³-hybridized carbons (Fsp3) is 0.500. The van der Waals surface area contributed by atoms with Gasteiger partial charge in [-0.2, -0.15) is 0 Å². The highest BCUT2D eigenvalue weighted by Crippen LogP contribution is 2.26. The Balaban J connectivity index is 1.72. The standard InChI is InChI=1S/C16H20N2O4/c1-11(19)17-8-15-9-18(16(20)22-15)14-5-4-13-10-21-6-2-3-12(13)7-14/h4-5,7,15H,2-3,6,8-10H2,1H3,(H,17,19). The number of rotatable bonds is 3. The van der Waals surface area contributed by atoms with Gasteiger partial charge in [0.15, 0.2) is 0 Å². The van der Waals surface area contributed by atoms with Crippen molar-refractivity contribution in [1.82, 2.24) is 5.32 Å². The van der Waals surface area contributed by atoms with E-state index in [1.807, 2.05) is 18.2 Å². The van der Waals surface area contributed by atoms with Gasteiger partial charge in [0.25, 0.3) is 0 Å². The fourth-order valence-corrected chi connectivity index (χ4v) is 2.80. The van der Waals surface area contributed by atoms with Crippen molar-refractivity contribution in [2.45, 2.75) is 32.5 Å². The second-order valence-electron chi connectivity index (χ2n) is 5.66. The molecule has 0 spiro atoms. The molecule has 22 heavy (non-hydrogen) atoms. The molecule has 3 rings (SSSR count). The number of nitrogens with zero attached hydrogens (tertiary/aromatic N) is 1. The Morgan fingerprint density at radius 2 is 2.27 bits per heavy atom. The number of nitrogens with one attached hydrogen (secondary N) is 1. The molecule has 0 saturated carbocycles. The van der Waals surface area contributed by atoms with Gasteiger partial charge in [0.2, 0.25) is 5.91 Å². The van der Waals surface area contributed by atoms with Crippen molar-refractivity contribution in [3.8, 4) is 0 Å². The van der Waals surface area contributed by atoms with Crippen LogP contribution in [0.1, 0.15) is 24.5 Å². The maximum atomic E-state index is 12.0. The fourth-order valence-electron chi connectivity index (χ4n) is 2.80. The minimum absolute atomic E-state index is 0.125. The van der Waals surface area contributed by atoms with Crippen LogP contribution in [0.4, 0.5) is 10.5 Å². The molecule has 0 aliphatic carbocycles. The van der Waals surface area contributed by atoms with E-state index in [2.05, 4.69) is 5.32 Å². The summed E-state index contributed by atoms with van der Waals surface area (Å²) in [6, 6.07) is 5.99. The third kappa shape index (κ3) is 3.22. The molecule has 1 atom stereocenters. The van der Waals surface area contributed by atoms with Crippen molar-refractivity contribution in [3.05, 3.63) is 29.3 Å². The Bertz CT molecular complexity index is 588. The van der Waals surface area contributed by atoms with Gasteiger partial charge in [-0.05, 0) is 36.1 Å². The number of amides is 2. The molecule has 1 aromatic carbocycles. The number of aryl methyl sites for hydroxylation is 1. The van der Waals surface area contributed by atoms with Gasteiger partial charge in [-0.15, -0.1) is 0 Å². The predicted octanol–water partition coefficient (Wildman–Crippen LogP) is 1.61. The molecule has 1 N–H and O–H groups in total. The molecule has 2 aliphatic rings. The van der Waals surface area contributed by atoms with E-state index in [0.717, 1.165) is 25.1 Å². The number of carbonyl (C=O) groups is 2. The normalized spacial score (nSPS) is 21.0. The van der Waals surface area contributed by atoms with E-state index in [-0.39, 0.29) is 18.1 Å². The van der Waals surface area contributed by atoms with Crippen LogP contribution in [-0.4, -0.2) is 37.8 Å². The maximum Gasteiger partial charge on any atom is 0.414 e. The zero-order chi connectivity index (χ0) is 15.5. The van der Waals surface area contributed by atoms with Gasteiger partial charge in [0.1, 0.15) is 6.10 Å². The molecule has 2 aliphatic heterocycles. The van der Waals surface area contributed by atoms with Crippen LogP contribution in [0.25, 0.3) is 0 Å². The molecule has 0 radical (unpaired) electrons. The zero-order valence-electron chi connectivity index (χ0n) is 12.6. The quantitative estimate of drug-likeness (QED) is 0.921. The summed E-state index contributed by atoms with van der Waals surface area (Å²) in [4.78, 5) is 24.6. The molecule has 1 saturated heterocycles. The number of carbonyl (C=O) groups excluding carboxylic acids is 2. The van der Waals surface area contributed by atoms with Crippen molar-refractivity contribution >= 4 is 17.7 Å². The van der Waals surface area contributed by atoms with Gasteiger partial charge >= 0.3 is 6.09 Å². The van der Waals surface area contributed by atoms with Crippen LogP contribution in [0.5, 0.6) is 0 Å². The van der Waals surface area contributed by atoms with Gasteiger partial charge in [-0.1, -0.05) is 6.07 Å². The van der Waals surface area contributed by atoms with Crippen molar-refractivity contribution in [2.75, 3.05) is 24.6 Å². The van der Waals surface area contributed by atoms with Crippen LogP contribution in [0.3, 0.4) is 0 Å². The first-order valence-electron chi connectivity index (χ1n) is 7.55. The Morgan fingerprint density at radius 1 is 1.41 bits per heavy atom. The summed E-state index contributed by atoms with van der Waals surface area (Å²) < 4.78 is 10.8. The highest BCUT2D eigenvalue weighted by atomic mass is 16.6. The van der Waals surface area contributed by atoms with Crippen molar-refractivity contribution in [3.63, 3.8) is 0 Å². The number of anilines is 1. The molecule has 1 fully saturated rings. The van der Waals surface area contributed by atoms with Crippen molar-refractivity contribution in [2.24, 2.45) is 0 Å². The molecular weight excluding hydrogens is 284 g/mol. The summed E-state index contributed by atoms with van der Waals surface area (Å²) in [5, 5.41) is 2.68. The zero-order valence-corrected chi connectivity index (χ0v) is 12.6. The Labute approximate surface area is 129 Å². The molecule has 118 valence electrons. The van der Waals surface area contributed by atoms with E-state index in [4.69, 9.17) is 9.47 Å². The Hall–Kier alpha value is -2.08. The molecule has 0 aromatic heterocycles. The maximum absolute atomic E-state index is 12.0. The topological polar surface area (TPSA) is 67.9 Å². The second-order valence-corrected chi connectivity index (χ2v) is 5.66. The van der Waals surface area contributed by atoms with Gasteiger partial charge in [-0.3, -0.25) is 9.69 Å². The third-order valence-corrected chi connectivity index (χ3v) is 3.95.